The third kappa shape index (κ3) is 2.30. The van der Waals surface area contributed by atoms with Crippen molar-refractivity contribution in [2.24, 2.45) is 0 Å². The van der Waals surface area contributed by atoms with Gasteiger partial charge in [-0.2, -0.15) is 4.39 Å². The van der Waals surface area contributed by atoms with Crippen LogP contribution in [0.15, 0.2) is 21.1 Å². The van der Waals surface area contributed by atoms with Gasteiger partial charge in [-0.05, 0) is 22.0 Å². The number of nitrogens with zero attached hydrogens (tertiary/aromatic N) is 1. The van der Waals surface area contributed by atoms with Crippen LogP contribution in [0, 0.1) is 11.6 Å². The molecule has 0 aliphatic rings. The second-order valence-electron chi connectivity index (χ2n) is 3.45. The first-order chi connectivity index (χ1) is 8.95. The van der Waals surface area contributed by atoms with Gasteiger partial charge < -0.3 is 14.4 Å². The van der Waals surface area contributed by atoms with E-state index in [0.717, 1.165) is 13.2 Å². The van der Waals surface area contributed by atoms with Crippen molar-refractivity contribution in [2.45, 2.75) is 0 Å². The highest BCUT2D eigenvalue weighted by molar-refractivity contribution is 9.10. The summed E-state index contributed by atoms with van der Waals surface area (Å²) in [6.07, 6.45) is 0. The first kappa shape index (κ1) is 13.5. The third-order valence-corrected chi connectivity index (χ3v) is 2.89. The van der Waals surface area contributed by atoms with Crippen LogP contribution in [0.2, 0.25) is 0 Å². The lowest BCUT2D eigenvalue weighted by Crippen LogP contribution is -1.96. The zero-order valence-corrected chi connectivity index (χ0v) is 11.0. The van der Waals surface area contributed by atoms with Crippen LogP contribution < -0.4 is 4.74 Å². The highest BCUT2D eigenvalue weighted by atomic mass is 79.9. The van der Waals surface area contributed by atoms with E-state index in [1.54, 1.807) is 0 Å². The lowest BCUT2D eigenvalue weighted by Gasteiger charge is -2.08. The fourth-order valence-electron chi connectivity index (χ4n) is 1.46. The van der Waals surface area contributed by atoms with E-state index in [1.165, 1.54) is 6.07 Å². The monoisotopic (exact) mass is 333 g/mol. The van der Waals surface area contributed by atoms with E-state index in [0.29, 0.717) is 0 Å². The fourth-order valence-corrected chi connectivity index (χ4v) is 1.87. The minimum atomic E-state index is -1.30. The average molecular weight is 334 g/mol. The number of ether oxygens (including phenoxy) is 1. The van der Waals surface area contributed by atoms with Gasteiger partial charge in [0.05, 0.1) is 17.1 Å². The van der Waals surface area contributed by atoms with E-state index in [9.17, 15) is 13.6 Å². The SMILES string of the molecule is COc1c(-c2cc(C(=O)O)no2)cc(Br)c(F)c1F. The minimum absolute atomic E-state index is 0.0474. The van der Waals surface area contributed by atoms with Crippen LogP contribution in [0.3, 0.4) is 0 Å². The Bertz CT molecular complexity index is 656. The Morgan fingerprint density at radius 2 is 2.11 bits per heavy atom. The Kier molecular flexibility index (Phi) is 3.52. The van der Waals surface area contributed by atoms with Crippen molar-refractivity contribution >= 4 is 21.9 Å². The quantitative estimate of drug-likeness (QED) is 0.874. The van der Waals surface area contributed by atoms with Gasteiger partial charge in [0.15, 0.2) is 23.0 Å². The maximum absolute atomic E-state index is 13.7. The van der Waals surface area contributed by atoms with Crippen LogP contribution in [0.4, 0.5) is 8.78 Å². The first-order valence-corrected chi connectivity index (χ1v) is 5.67. The van der Waals surface area contributed by atoms with Crippen LogP contribution >= 0.6 is 15.9 Å². The van der Waals surface area contributed by atoms with Crippen molar-refractivity contribution in [1.82, 2.24) is 5.16 Å². The predicted octanol–water partition coefficient (Wildman–Crippen LogP) is 3.09. The van der Waals surface area contributed by atoms with Gasteiger partial charge in [-0.1, -0.05) is 5.16 Å². The Labute approximate surface area is 113 Å². The summed E-state index contributed by atoms with van der Waals surface area (Å²) in [5.74, 6) is -4.06. The molecule has 0 saturated carbocycles. The van der Waals surface area contributed by atoms with Gasteiger partial charge in [0.2, 0.25) is 5.82 Å². The summed E-state index contributed by atoms with van der Waals surface area (Å²) in [6, 6.07) is 2.30. The molecule has 0 spiro atoms. The Hall–Kier alpha value is -1.96. The van der Waals surface area contributed by atoms with Gasteiger partial charge in [-0.3, -0.25) is 0 Å². The molecule has 0 saturated heterocycles. The summed E-state index contributed by atoms with van der Waals surface area (Å²) in [5, 5.41) is 12.0. The second-order valence-corrected chi connectivity index (χ2v) is 4.30. The summed E-state index contributed by atoms with van der Waals surface area (Å²) in [7, 11) is 1.16. The van der Waals surface area contributed by atoms with Crippen LogP contribution in [0.1, 0.15) is 10.5 Å². The van der Waals surface area contributed by atoms with E-state index in [4.69, 9.17) is 14.4 Å². The number of benzene rings is 1. The van der Waals surface area contributed by atoms with E-state index in [2.05, 4.69) is 21.1 Å². The number of halogens is 3. The Balaban J connectivity index is 2.63. The van der Waals surface area contributed by atoms with Gasteiger partial charge in [0.25, 0.3) is 0 Å². The largest absolute Gasteiger partial charge is 0.493 e. The zero-order chi connectivity index (χ0) is 14.2. The molecule has 2 aromatic rings. The maximum Gasteiger partial charge on any atom is 0.358 e. The molecule has 0 atom stereocenters. The second kappa shape index (κ2) is 4.96. The number of hydrogen-bond donors (Lipinski definition) is 1. The summed E-state index contributed by atoms with van der Waals surface area (Å²) < 4.78 is 36.4. The number of carbonyl (C=O) groups is 1. The average Bonchev–Trinajstić information content (AvgIpc) is 2.85. The lowest BCUT2D eigenvalue weighted by molar-refractivity contribution is 0.0686. The van der Waals surface area contributed by atoms with E-state index < -0.39 is 23.4 Å². The first-order valence-electron chi connectivity index (χ1n) is 4.87. The Morgan fingerprint density at radius 3 is 2.63 bits per heavy atom. The number of rotatable bonds is 3. The molecule has 100 valence electrons. The molecule has 0 aliphatic heterocycles. The molecule has 8 heteroatoms. The summed E-state index contributed by atoms with van der Waals surface area (Å²) >= 11 is 2.84. The summed E-state index contributed by atoms with van der Waals surface area (Å²) in [5.41, 5.74) is -0.300. The summed E-state index contributed by atoms with van der Waals surface area (Å²) in [4.78, 5) is 10.7. The smallest absolute Gasteiger partial charge is 0.358 e. The molecule has 5 nitrogen and oxygen atoms in total. The van der Waals surface area contributed by atoms with Crippen LogP contribution in [0.25, 0.3) is 11.3 Å². The third-order valence-electron chi connectivity index (χ3n) is 2.32. The minimum Gasteiger partial charge on any atom is -0.493 e. The van der Waals surface area contributed by atoms with Crippen molar-refractivity contribution < 1.29 is 27.9 Å². The molecule has 1 aromatic heterocycles. The van der Waals surface area contributed by atoms with Gasteiger partial charge in [0, 0.05) is 6.07 Å². The highest BCUT2D eigenvalue weighted by Crippen LogP contribution is 2.37. The molecule has 2 rings (SSSR count). The molecule has 0 amide bonds. The van der Waals surface area contributed by atoms with Gasteiger partial charge >= 0.3 is 5.97 Å². The van der Waals surface area contributed by atoms with E-state index in [-0.39, 0.29) is 21.5 Å². The molecule has 0 fully saturated rings. The summed E-state index contributed by atoms with van der Waals surface area (Å²) in [6.45, 7) is 0. The van der Waals surface area contributed by atoms with E-state index in [1.807, 2.05) is 0 Å². The number of carboxylic acids is 1. The fraction of sp³-hybridized carbons (Fsp3) is 0.0909. The number of methoxy groups -OCH3 is 1. The maximum atomic E-state index is 13.7. The van der Waals surface area contributed by atoms with Crippen molar-refractivity contribution in [1.29, 1.82) is 0 Å². The van der Waals surface area contributed by atoms with Gasteiger partial charge in [-0.25, -0.2) is 9.18 Å². The van der Waals surface area contributed by atoms with Crippen molar-refractivity contribution in [3.63, 3.8) is 0 Å². The van der Waals surface area contributed by atoms with Crippen LogP contribution in [-0.2, 0) is 0 Å². The molecule has 19 heavy (non-hydrogen) atoms. The lowest BCUT2D eigenvalue weighted by atomic mass is 10.1. The standard InChI is InChI=1S/C11H6BrF2NO4/c1-18-10-4(2-5(12)8(13)9(10)14)7-3-6(11(16)17)15-19-7/h2-3H,1H3,(H,16,17). The molecule has 0 radical (unpaired) electrons. The highest BCUT2D eigenvalue weighted by Gasteiger charge is 2.22. The molecule has 0 bridgehead atoms. The van der Waals surface area contributed by atoms with Gasteiger partial charge in [-0.15, -0.1) is 0 Å². The molecule has 1 heterocycles. The van der Waals surface area contributed by atoms with Crippen molar-refractivity contribution in [3.8, 4) is 17.1 Å². The van der Waals surface area contributed by atoms with Gasteiger partial charge in [0.1, 0.15) is 0 Å². The number of aromatic carboxylic acids is 1. The molecule has 1 N–H and O–H groups in total. The van der Waals surface area contributed by atoms with E-state index >= 15 is 0 Å². The Morgan fingerprint density at radius 1 is 1.42 bits per heavy atom. The zero-order valence-electron chi connectivity index (χ0n) is 9.41. The van der Waals surface area contributed by atoms with Crippen LogP contribution in [-0.4, -0.2) is 23.3 Å². The molecular weight excluding hydrogens is 328 g/mol. The molecule has 0 unspecified atom stereocenters. The van der Waals surface area contributed by atoms with Crippen LogP contribution in [0.5, 0.6) is 5.75 Å². The molecule has 0 aliphatic carbocycles. The molecule has 1 aromatic carbocycles. The number of aromatic nitrogens is 1. The predicted molar refractivity (Wildman–Crippen MR) is 63.1 cm³/mol. The number of hydrogen-bond acceptors (Lipinski definition) is 4. The number of carboxylic acid groups (broad SMARTS) is 1. The molecular formula is C11H6BrF2NO4. The normalized spacial score (nSPS) is 10.5. The topological polar surface area (TPSA) is 72.6 Å². The van der Waals surface area contributed by atoms with Crippen molar-refractivity contribution in [3.05, 3.63) is 33.9 Å². The van der Waals surface area contributed by atoms with Crippen molar-refractivity contribution in [2.75, 3.05) is 7.11 Å².